The van der Waals surface area contributed by atoms with E-state index in [9.17, 15) is 4.79 Å². The molecule has 0 aliphatic rings. The van der Waals surface area contributed by atoms with Gasteiger partial charge in [0.1, 0.15) is 5.75 Å². The van der Waals surface area contributed by atoms with E-state index in [1.54, 1.807) is 18.4 Å². The molecule has 25 heavy (non-hydrogen) atoms. The fourth-order valence-corrected chi connectivity index (χ4v) is 4.08. The van der Waals surface area contributed by atoms with Gasteiger partial charge in [0.15, 0.2) is 0 Å². The number of nitrogens with one attached hydrogen (secondary N) is 1. The van der Waals surface area contributed by atoms with Crippen LogP contribution in [0.1, 0.15) is 21.6 Å². The minimum Gasteiger partial charge on any atom is -0.497 e. The molecule has 0 spiro atoms. The topological polar surface area (TPSA) is 51.2 Å². The van der Waals surface area contributed by atoms with Crippen molar-refractivity contribution < 1.29 is 9.53 Å². The molecule has 1 amide bonds. The van der Waals surface area contributed by atoms with Gasteiger partial charge in [-0.2, -0.15) is 23.1 Å². The SMILES string of the molecule is COc1ccc2cc(C(=O)NCCSCc3ccsc3)c(C)nc2c1. The lowest BCUT2D eigenvalue weighted by Gasteiger charge is -2.09. The number of carbonyl (C=O) groups is 1. The molecule has 0 radical (unpaired) electrons. The minimum atomic E-state index is -0.0705. The molecule has 0 aliphatic heterocycles. The van der Waals surface area contributed by atoms with Crippen LogP contribution in [0.5, 0.6) is 5.75 Å². The first kappa shape index (κ1) is 17.8. The average molecular weight is 373 g/mol. The van der Waals surface area contributed by atoms with Crippen molar-refractivity contribution in [3.8, 4) is 5.75 Å². The standard InChI is InChI=1S/C19H20N2O2S2/c1-13-17(9-15-3-4-16(23-2)10-18(15)21-13)19(22)20-6-8-25-12-14-5-7-24-11-14/h3-5,7,9-11H,6,8,12H2,1-2H3,(H,20,22). The molecule has 1 aromatic carbocycles. The second-order valence-corrected chi connectivity index (χ2v) is 7.51. The van der Waals surface area contributed by atoms with E-state index < -0.39 is 0 Å². The molecule has 0 saturated carbocycles. The van der Waals surface area contributed by atoms with Gasteiger partial charge < -0.3 is 10.1 Å². The third-order valence-corrected chi connectivity index (χ3v) is 5.60. The lowest BCUT2D eigenvalue weighted by molar-refractivity contribution is 0.0955. The molecule has 2 aromatic heterocycles. The quantitative estimate of drug-likeness (QED) is 0.629. The number of carbonyl (C=O) groups excluding carboxylic acids is 1. The largest absolute Gasteiger partial charge is 0.497 e. The van der Waals surface area contributed by atoms with Crippen LogP contribution in [0.15, 0.2) is 41.1 Å². The summed E-state index contributed by atoms with van der Waals surface area (Å²) in [5.74, 6) is 2.56. The predicted molar refractivity (Wildman–Crippen MR) is 106 cm³/mol. The number of rotatable bonds is 7. The highest BCUT2D eigenvalue weighted by Crippen LogP contribution is 2.21. The minimum absolute atomic E-state index is 0.0705. The number of methoxy groups -OCH3 is 1. The highest BCUT2D eigenvalue weighted by molar-refractivity contribution is 7.98. The summed E-state index contributed by atoms with van der Waals surface area (Å²) in [6, 6.07) is 9.71. The Labute approximate surface area is 155 Å². The van der Waals surface area contributed by atoms with E-state index in [0.717, 1.165) is 33.9 Å². The summed E-state index contributed by atoms with van der Waals surface area (Å²) in [5, 5.41) is 8.16. The van der Waals surface area contributed by atoms with Gasteiger partial charge in [0.05, 0.1) is 23.9 Å². The summed E-state index contributed by atoms with van der Waals surface area (Å²) >= 11 is 3.53. The fourth-order valence-electron chi connectivity index (χ4n) is 2.50. The lowest BCUT2D eigenvalue weighted by atomic mass is 10.1. The Kier molecular flexibility index (Phi) is 5.94. The Balaban J connectivity index is 1.58. The highest BCUT2D eigenvalue weighted by atomic mass is 32.2. The zero-order chi connectivity index (χ0) is 17.6. The van der Waals surface area contributed by atoms with Gasteiger partial charge in [-0.05, 0) is 47.5 Å². The number of ether oxygens (including phenoxy) is 1. The number of fused-ring (bicyclic) bond motifs is 1. The van der Waals surface area contributed by atoms with E-state index in [-0.39, 0.29) is 5.91 Å². The van der Waals surface area contributed by atoms with Crippen LogP contribution < -0.4 is 10.1 Å². The number of benzene rings is 1. The summed E-state index contributed by atoms with van der Waals surface area (Å²) in [4.78, 5) is 17.0. The average Bonchev–Trinajstić information content (AvgIpc) is 3.13. The maximum Gasteiger partial charge on any atom is 0.253 e. The molecular formula is C19H20N2O2S2. The third-order valence-electron chi connectivity index (χ3n) is 3.84. The second kappa shape index (κ2) is 8.36. The number of nitrogens with zero attached hydrogens (tertiary/aromatic N) is 1. The number of amides is 1. The number of hydrogen-bond donors (Lipinski definition) is 1. The van der Waals surface area contributed by atoms with Crippen LogP contribution in [0.25, 0.3) is 10.9 Å². The summed E-state index contributed by atoms with van der Waals surface area (Å²) in [5.41, 5.74) is 3.52. The zero-order valence-electron chi connectivity index (χ0n) is 14.2. The first-order valence-electron chi connectivity index (χ1n) is 8.00. The van der Waals surface area contributed by atoms with Crippen molar-refractivity contribution in [2.24, 2.45) is 0 Å². The molecule has 0 atom stereocenters. The molecule has 0 bridgehead atoms. The van der Waals surface area contributed by atoms with Crippen LogP contribution in [-0.4, -0.2) is 30.3 Å². The molecule has 3 aromatic rings. The smallest absolute Gasteiger partial charge is 0.253 e. The molecule has 0 unspecified atom stereocenters. The molecule has 0 aliphatic carbocycles. The van der Waals surface area contributed by atoms with Crippen LogP contribution in [0, 0.1) is 6.92 Å². The van der Waals surface area contributed by atoms with Gasteiger partial charge in [-0.1, -0.05) is 0 Å². The molecule has 0 saturated heterocycles. The van der Waals surface area contributed by atoms with Crippen molar-refractivity contribution in [1.29, 1.82) is 0 Å². The second-order valence-electron chi connectivity index (χ2n) is 5.62. The molecule has 4 nitrogen and oxygen atoms in total. The van der Waals surface area contributed by atoms with E-state index in [2.05, 4.69) is 27.1 Å². The van der Waals surface area contributed by atoms with Crippen LogP contribution >= 0.6 is 23.1 Å². The summed E-state index contributed by atoms with van der Waals surface area (Å²) in [6.45, 7) is 2.51. The number of thioether (sulfide) groups is 1. The summed E-state index contributed by atoms with van der Waals surface area (Å²) in [6.07, 6.45) is 0. The Hall–Kier alpha value is -2.05. The number of thiophene rings is 1. The number of aromatic nitrogens is 1. The number of hydrogen-bond acceptors (Lipinski definition) is 5. The Morgan fingerprint density at radius 2 is 2.20 bits per heavy atom. The van der Waals surface area contributed by atoms with Gasteiger partial charge in [0.2, 0.25) is 0 Å². The Morgan fingerprint density at radius 3 is 2.96 bits per heavy atom. The zero-order valence-corrected chi connectivity index (χ0v) is 15.9. The summed E-state index contributed by atoms with van der Waals surface area (Å²) < 4.78 is 5.22. The van der Waals surface area contributed by atoms with Crippen molar-refractivity contribution in [1.82, 2.24) is 10.3 Å². The van der Waals surface area contributed by atoms with Crippen LogP contribution in [0.4, 0.5) is 0 Å². The summed E-state index contributed by atoms with van der Waals surface area (Å²) in [7, 11) is 1.63. The molecule has 3 rings (SSSR count). The monoisotopic (exact) mass is 372 g/mol. The Bertz CT molecular complexity index is 863. The predicted octanol–water partition coefficient (Wildman–Crippen LogP) is 4.28. The maximum atomic E-state index is 12.4. The van der Waals surface area contributed by atoms with E-state index in [1.165, 1.54) is 5.56 Å². The van der Waals surface area contributed by atoms with Gasteiger partial charge in [-0.25, -0.2) is 0 Å². The van der Waals surface area contributed by atoms with Crippen molar-refractivity contribution in [3.63, 3.8) is 0 Å². The van der Waals surface area contributed by atoms with Crippen molar-refractivity contribution in [2.75, 3.05) is 19.4 Å². The molecule has 130 valence electrons. The van der Waals surface area contributed by atoms with E-state index in [1.807, 2.05) is 43.0 Å². The highest BCUT2D eigenvalue weighted by Gasteiger charge is 2.11. The van der Waals surface area contributed by atoms with Crippen LogP contribution in [-0.2, 0) is 5.75 Å². The Morgan fingerprint density at radius 1 is 1.32 bits per heavy atom. The first-order chi connectivity index (χ1) is 12.2. The van der Waals surface area contributed by atoms with Gasteiger partial charge >= 0.3 is 0 Å². The van der Waals surface area contributed by atoms with Gasteiger partial charge in [-0.3, -0.25) is 9.78 Å². The van der Waals surface area contributed by atoms with Gasteiger partial charge in [0.25, 0.3) is 5.91 Å². The van der Waals surface area contributed by atoms with E-state index >= 15 is 0 Å². The van der Waals surface area contributed by atoms with Crippen molar-refractivity contribution >= 4 is 39.9 Å². The number of pyridine rings is 1. The lowest BCUT2D eigenvalue weighted by Crippen LogP contribution is -2.26. The first-order valence-corrected chi connectivity index (χ1v) is 10.1. The van der Waals surface area contributed by atoms with Crippen molar-refractivity contribution in [3.05, 3.63) is 57.9 Å². The normalized spacial score (nSPS) is 10.8. The van der Waals surface area contributed by atoms with Gasteiger partial charge in [-0.15, -0.1) is 0 Å². The van der Waals surface area contributed by atoms with E-state index in [0.29, 0.717) is 12.1 Å². The molecule has 2 heterocycles. The molecular weight excluding hydrogens is 352 g/mol. The van der Waals surface area contributed by atoms with Crippen LogP contribution in [0.3, 0.4) is 0 Å². The molecule has 0 fully saturated rings. The third kappa shape index (κ3) is 4.52. The van der Waals surface area contributed by atoms with E-state index in [4.69, 9.17) is 4.74 Å². The van der Waals surface area contributed by atoms with Crippen molar-refractivity contribution in [2.45, 2.75) is 12.7 Å². The van der Waals surface area contributed by atoms with Gasteiger partial charge in [0, 0.05) is 29.5 Å². The number of aryl methyl sites for hydroxylation is 1. The van der Waals surface area contributed by atoms with Crippen LogP contribution in [0.2, 0.25) is 0 Å². The maximum absolute atomic E-state index is 12.4. The molecule has 1 N–H and O–H groups in total. The molecule has 6 heteroatoms. The fraction of sp³-hybridized carbons (Fsp3) is 0.263.